The Hall–Kier alpha value is -0.740. The maximum Gasteiger partial charge on any atom is 0.123 e. The predicted octanol–water partition coefficient (Wildman–Crippen LogP) is 5.54. The van der Waals surface area contributed by atoms with Gasteiger partial charge in [-0.05, 0) is 54.3 Å². The second kappa shape index (κ2) is 7.01. The van der Waals surface area contributed by atoms with E-state index in [1.165, 1.54) is 18.2 Å². The SMILES string of the molecule is Cc1ccc(F)cc1CC(CBr)(CBr)c1ccc(F)cc1. The highest BCUT2D eigenvalue weighted by Gasteiger charge is 2.31. The van der Waals surface area contributed by atoms with Gasteiger partial charge in [0.1, 0.15) is 11.6 Å². The molecule has 0 heterocycles. The summed E-state index contributed by atoms with van der Waals surface area (Å²) in [5, 5.41) is 1.40. The van der Waals surface area contributed by atoms with Gasteiger partial charge in [0.15, 0.2) is 0 Å². The molecule has 0 amide bonds. The molecule has 0 aromatic heterocycles. The fourth-order valence-corrected chi connectivity index (χ4v) is 4.36. The van der Waals surface area contributed by atoms with Gasteiger partial charge in [-0.15, -0.1) is 0 Å². The van der Waals surface area contributed by atoms with Crippen LogP contribution < -0.4 is 0 Å². The van der Waals surface area contributed by atoms with Crippen LogP contribution in [0.5, 0.6) is 0 Å². The van der Waals surface area contributed by atoms with Gasteiger partial charge in [0.2, 0.25) is 0 Å². The third kappa shape index (κ3) is 3.72. The average molecular weight is 418 g/mol. The minimum Gasteiger partial charge on any atom is -0.207 e. The lowest BCUT2D eigenvalue weighted by molar-refractivity contribution is 0.542. The zero-order valence-electron chi connectivity index (χ0n) is 11.7. The summed E-state index contributed by atoms with van der Waals surface area (Å²) in [6.45, 7) is 1.98. The van der Waals surface area contributed by atoms with Gasteiger partial charge in [-0.2, -0.15) is 0 Å². The third-order valence-corrected chi connectivity index (χ3v) is 5.95. The molecule has 0 nitrogen and oxygen atoms in total. The Balaban J connectivity index is 2.42. The summed E-state index contributed by atoms with van der Waals surface area (Å²) in [5.41, 5.74) is 2.82. The molecule has 4 heteroatoms. The topological polar surface area (TPSA) is 0 Å². The van der Waals surface area contributed by atoms with Crippen molar-refractivity contribution in [3.8, 4) is 0 Å². The molecule has 0 bridgehead atoms. The summed E-state index contributed by atoms with van der Waals surface area (Å²) in [4.78, 5) is 0. The van der Waals surface area contributed by atoms with Crippen molar-refractivity contribution in [1.82, 2.24) is 0 Å². The molecule has 0 saturated heterocycles. The Morgan fingerprint density at radius 2 is 1.48 bits per heavy atom. The second-order valence-electron chi connectivity index (χ2n) is 5.30. The quantitative estimate of drug-likeness (QED) is 0.560. The predicted molar refractivity (Wildman–Crippen MR) is 90.5 cm³/mol. The zero-order valence-corrected chi connectivity index (χ0v) is 14.8. The summed E-state index contributed by atoms with van der Waals surface area (Å²) < 4.78 is 26.7. The van der Waals surface area contributed by atoms with Crippen molar-refractivity contribution in [2.24, 2.45) is 0 Å². The maximum atomic E-state index is 13.5. The molecule has 0 radical (unpaired) electrons. The van der Waals surface area contributed by atoms with E-state index in [0.717, 1.165) is 16.7 Å². The number of alkyl halides is 2. The van der Waals surface area contributed by atoms with E-state index in [2.05, 4.69) is 31.9 Å². The zero-order chi connectivity index (χ0) is 15.5. The van der Waals surface area contributed by atoms with Crippen LogP contribution in [0.25, 0.3) is 0 Å². The highest BCUT2D eigenvalue weighted by atomic mass is 79.9. The summed E-state index contributed by atoms with van der Waals surface area (Å²) >= 11 is 7.14. The first-order valence-corrected chi connectivity index (χ1v) is 8.88. The van der Waals surface area contributed by atoms with Crippen LogP contribution >= 0.6 is 31.9 Å². The van der Waals surface area contributed by atoms with Crippen molar-refractivity contribution in [1.29, 1.82) is 0 Å². The number of halogens is 4. The van der Waals surface area contributed by atoms with Crippen molar-refractivity contribution in [3.05, 3.63) is 70.8 Å². The first-order valence-electron chi connectivity index (χ1n) is 6.64. The summed E-state index contributed by atoms with van der Waals surface area (Å²) in [5.74, 6) is -0.480. The lowest BCUT2D eigenvalue weighted by Crippen LogP contribution is -2.33. The fraction of sp³-hybridized carbons (Fsp3) is 0.294. The van der Waals surface area contributed by atoms with E-state index in [1.54, 1.807) is 24.3 Å². The van der Waals surface area contributed by atoms with Gasteiger partial charge in [-0.25, -0.2) is 8.78 Å². The Kier molecular flexibility index (Phi) is 5.55. The first kappa shape index (κ1) is 16.6. The van der Waals surface area contributed by atoms with Gasteiger partial charge in [-0.3, -0.25) is 0 Å². The van der Waals surface area contributed by atoms with E-state index in [0.29, 0.717) is 17.1 Å². The van der Waals surface area contributed by atoms with Gasteiger partial charge in [-0.1, -0.05) is 50.1 Å². The van der Waals surface area contributed by atoms with E-state index in [-0.39, 0.29) is 17.0 Å². The molecule has 0 aliphatic heterocycles. The van der Waals surface area contributed by atoms with Crippen LogP contribution in [0.2, 0.25) is 0 Å². The maximum absolute atomic E-state index is 13.5. The van der Waals surface area contributed by atoms with Crippen LogP contribution in [-0.2, 0) is 11.8 Å². The van der Waals surface area contributed by atoms with Crippen molar-refractivity contribution >= 4 is 31.9 Å². The largest absolute Gasteiger partial charge is 0.207 e. The van der Waals surface area contributed by atoms with Gasteiger partial charge in [0, 0.05) is 16.1 Å². The fourth-order valence-electron chi connectivity index (χ4n) is 2.39. The molecule has 0 unspecified atom stereocenters. The summed E-state index contributed by atoms with van der Waals surface area (Å²) in [7, 11) is 0. The van der Waals surface area contributed by atoms with Crippen molar-refractivity contribution in [3.63, 3.8) is 0 Å². The number of hydrogen-bond donors (Lipinski definition) is 0. The van der Waals surface area contributed by atoms with Crippen molar-refractivity contribution in [2.75, 3.05) is 10.7 Å². The average Bonchev–Trinajstić information content (AvgIpc) is 2.49. The molecule has 0 N–H and O–H groups in total. The molecule has 0 spiro atoms. The molecule has 2 aromatic rings. The van der Waals surface area contributed by atoms with Crippen LogP contribution in [0.3, 0.4) is 0 Å². The standard InChI is InChI=1S/C17H16Br2F2/c1-12-2-5-16(21)8-13(12)9-17(10-18,11-19)14-3-6-15(20)7-4-14/h2-8H,9-11H2,1H3. The molecular weight excluding hydrogens is 402 g/mol. The molecule has 0 aliphatic rings. The van der Waals surface area contributed by atoms with Crippen molar-refractivity contribution in [2.45, 2.75) is 18.8 Å². The van der Waals surface area contributed by atoms with Crippen LogP contribution in [0.4, 0.5) is 8.78 Å². The highest BCUT2D eigenvalue weighted by molar-refractivity contribution is 9.09. The van der Waals surface area contributed by atoms with Gasteiger partial charge < -0.3 is 0 Å². The van der Waals surface area contributed by atoms with E-state index in [4.69, 9.17) is 0 Å². The number of aryl methyl sites for hydroxylation is 1. The molecule has 2 rings (SSSR count). The molecule has 21 heavy (non-hydrogen) atoms. The Labute approximate surface area is 140 Å². The third-order valence-electron chi connectivity index (χ3n) is 3.81. The lowest BCUT2D eigenvalue weighted by Gasteiger charge is -2.31. The molecule has 0 atom stereocenters. The smallest absolute Gasteiger partial charge is 0.123 e. The van der Waals surface area contributed by atoms with Gasteiger partial charge in [0.25, 0.3) is 0 Å². The van der Waals surface area contributed by atoms with E-state index >= 15 is 0 Å². The molecule has 0 fully saturated rings. The van der Waals surface area contributed by atoms with Crippen molar-refractivity contribution < 1.29 is 8.78 Å². The Morgan fingerprint density at radius 3 is 2.05 bits per heavy atom. The minimum atomic E-state index is -0.251. The summed E-state index contributed by atoms with van der Waals surface area (Å²) in [6.07, 6.45) is 0.679. The normalized spacial score (nSPS) is 11.7. The molecule has 2 aromatic carbocycles. The second-order valence-corrected chi connectivity index (χ2v) is 6.42. The number of rotatable bonds is 5. The van der Waals surface area contributed by atoms with Crippen LogP contribution in [-0.4, -0.2) is 10.7 Å². The summed E-state index contributed by atoms with van der Waals surface area (Å²) in [6, 6.07) is 11.4. The van der Waals surface area contributed by atoms with Crippen LogP contribution in [0.15, 0.2) is 42.5 Å². The lowest BCUT2D eigenvalue weighted by atomic mass is 9.78. The molecule has 0 saturated carbocycles. The molecular formula is C17H16Br2F2. The number of hydrogen-bond acceptors (Lipinski definition) is 0. The van der Waals surface area contributed by atoms with Crippen LogP contribution in [0.1, 0.15) is 16.7 Å². The minimum absolute atomic E-state index is 0.229. The van der Waals surface area contributed by atoms with Crippen LogP contribution in [0, 0.1) is 18.6 Å². The van der Waals surface area contributed by atoms with Gasteiger partial charge in [0.05, 0.1) is 0 Å². The highest BCUT2D eigenvalue weighted by Crippen LogP contribution is 2.34. The van der Waals surface area contributed by atoms with Gasteiger partial charge >= 0.3 is 0 Å². The Bertz CT molecular complexity index is 605. The van der Waals surface area contributed by atoms with E-state index < -0.39 is 0 Å². The van der Waals surface area contributed by atoms with E-state index in [9.17, 15) is 8.78 Å². The molecule has 112 valence electrons. The van der Waals surface area contributed by atoms with E-state index in [1.807, 2.05) is 6.92 Å². The molecule has 0 aliphatic carbocycles. The first-order chi connectivity index (χ1) is 10.0. The monoisotopic (exact) mass is 416 g/mol. The Morgan fingerprint density at radius 1 is 0.905 bits per heavy atom. The number of benzene rings is 2.